The van der Waals surface area contributed by atoms with Crippen molar-refractivity contribution in [2.45, 2.75) is 46.1 Å². The zero-order valence-corrected chi connectivity index (χ0v) is 12.5. The molecule has 0 fully saturated rings. The van der Waals surface area contributed by atoms with Crippen LogP contribution in [0.1, 0.15) is 39.2 Å². The van der Waals surface area contributed by atoms with Crippen molar-refractivity contribution >= 4 is 12.4 Å². The van der Waals surface area contributed by atoms with Crippen molar-refractivity contribution in [2.75, 3.05) is 6.61 Å². The fourth-order valence-corrected chi connectivity index (χ4v) is 1.75. The highest BCUT2D eigenvalue weighted by Crippen LogP contribution is 2.12. The lowest BCUT2D eigenvalue weighted by Gasteiger charge is -2.05. The van der Waals surface area contributed by atoms with Crippen LogP contribution in [0.15, 0.2) is 29.3 Å². The number of carbonyl (C=O) groups excluding carboxylic acids is 1. The molecule has 0 amide bonds. The Labute approximate surface area is 120 Å². The van der Waals surface area contributed by atoms with Gasteiger partial charge in [0.05, 0.1) is 19.1 Å². The Morgan fingerprint density at radius 2 is 2.00 bits per heavy atom. The fourth-order valence-electron chi connectivity index (χ4n) is 1.75. The number of esters is 1. The molecular weight excluding hydrogens is 254 g/mol. The first-order chi connectivity index (χ1) is 9.65. The van der Waals surface area contributed by atoms with Gasteiger partial charge in [-0.25, -0.2) is 0 Å². The largest absolute Gasteiger partial charge is 0.466 e. The Morgan fingerprint density at radius 3 is 2.60 bits per heavy atom. The molecule has 1 rings (SSSR count). The van der Waals surface area contributed by atoms with Crippen molar-refractivity contribution in [2.24, 2.45) is 4.99 Å². The summed E-state index contributed by atoms with van der Waals surface area (Å²) < 4.78 is 10.3. The van der Waals surface area contributed by atoms with Crippen LogP contribution in [0, 0.1) is 0 Å². The minimum Gasteiger partial charge on any atom is -0.466 e. The summed E-state index contributed by atoms with van der Waals surface area (Å²) in [5.74, 6) is 0.501. The lowest BCUT2D eigenvalue weighted by Crippen LogP contribution is -2.07. The Morgan fingerprint density at radius 1 is 1.30 bits per heavy atom. The molecule has 0 radical (unpaired) electrons. The molecule has 0 heterocycles. The first kappa shape index (κ1) is 16.2. The third-order valence-electron chi connectivity index (χ3n) is 2.79. The second-order valence-corrected chi connectivity index (χ2v) is 4.64. The van der Waals surface area contributed by atoms with E-state index in [-0.39, 0.29) is 18.4 Å². The maximum Gasteiger partial charge on any atom is 0.310 e. The van der Waals surface area contributed by atoms with Crippen molar-refractivity contribution in [3.8, 4) is 5.75 Å². The van der Waals surface area contributed by atoms with Crippen LogP contribution in [0.4, 0.5) is 0 Å². The number of nitrogens with zero attached hydrogens (tertiary/aromatic N) is 1. The molecule has 0 aromatic heterocycles. The molecule has 0 saturated carbocycles. The van der Waals surface area contributed by atoms with Crippen LogP contribution in [0.2, 0.25) is 0 Å². The molecule has 0 saturated heterocycles. The SMILES string of the molecule is CCCC(C)/N=C/Oc1ccc(CC(=O)OCC)cc1. The zero-order valence-electron chi connectivity index (χ0n) is 12.5. The average Bonchev–Trinajstić information content (AvgIpc) is 2.41. The van der Waals surface area contributed by atoms with Gasteiger partial charge in [0.25, 0.3) is 0 Å². The molecule has 1 aromatic rings. The predicted molar refractivity (Wildman–Crippen MR) is 80.3 cm³/mol. The Kier molecular flexibility index (Phi) is 7.40. The highest BCUT2D eigenvalue weighted by atomic mass is 16.5. The van der Waals surface area contributed by atoms with Crippen LogP contribution in [-0.2, 0) is 16.0 Å². The number of hydrogen-bond donors (Lipinski definition) is 0. The van der Waals surface area contributed by atoms with Crippen LogP contribution in [-0.4, -0.2) is 25.0 Å². The van der Waals surface area contributed by atoms with E-state index >= 15 is 0 Å². The molecule has 0 aliphatic heterocycles. The topological polar surface area (TPSA) is 47.9 Å². The molecule has 0 aliphatic carbocycles. The number of hydrogen-bond acceptors (Lipinski definition) is 4. The average molecular weight is 277 g/mol. The van der Waals surface area contributed by atoms with E-state index in [0.29, 0.717) is 12.4 Å². The second kappa shape index (κ2) is 9.13. The van der Waals surface area contributed by atoms with Crippen molar-refractivity contribution in [3.63, 3.8) is 0 Å². The van der Waals surface area contributed by atoms with Crippen molar-refractivity contribution in [3.05, 3.63) is 29.8 Å². The molecule has 1 atom stereocenters. The van der Waals surface area contributed by atoms with E-state index in [2.05, 4.69) is 18.8 Å². The van der Waals surface area contributed by atoms with Gasteiger partial charge in [0, 0.05) is 0 Å². The molecule has 1 aromatic carbocycles. The highest BCUT2D eigenvalue weighted by Gasteiger charge is 2.03. The molecule has 110 valence electrons. The van der Waals surface area contributed by atoms with E-state index in [0.717, 1.165) is 18.4 Å². The summed E-state index contributed by atoms with van der Waals surface area (Å²) in [5.41, 5.74) is 0.909. The van der Waals surface area contributed by atoms with E-state index in [1.54, 1.807) is 6.92 Å². The maximum absolute atomic E-state index is 11.3. The van der Waals surface area contributed by atoms with Gasteiger partial charge in [0.2, 0.25) is 0 Å². The molecule has 4 nitrogen and oxygen atoms in total. The highest BCUT2D eigenvalue weighted by molar-refractivity contribution is 5.72. The summed E-state index contributed by atoms with van der Waals surface area (Å²) in [7, 11) is 0. The van der Waals surface area contributed by atoms with E-state index in [9.17, 15) is 4.79 Å². The van der Waals surface area contributed by atoms with Gasteiger partial charge in [-0.05, 0) is 38.0 Å². The monoisotopic (exact) mass is 277 g/mol. The molecule has 0 bridgehead atoms. The lowest BCUT2D eigenvalue weighted by molar-refractivity contribution is -0.142. The molecule has 1 unspecified atom stereocenters. The Bertz CT molecular complexity index is 426. The van der Waals surface area contributed by atoms with Gasteiger partial charge < -0.3 is 9.47 Å². The third-order valence-corrected chi connectivity index (χ3v) is 2.79. The molecule has 0 aliphatic rings. The number of ether oxygens (including phenoxy) is 2. The minimum absolute atomic E-state index is 0.212. The first-order valence-electron chi connectivity index (χ1n) is 7.08. The molecular formula is C16H23NO3. The number of benzene rings is 1. The van der Waals surface area contributed by atoms with Crippen LogP contribution in [0.5, 0.6) is 5.75 Å². The molecule has 0 N–H and O–H groups in total. The van der Waals surface area contributed by atoms with Crippen LogP contribution in [0.25, 0.3) is 0 Å². The number of aliphatic imine (C=N–C) groups is 1. The van der Waals surface area contributed by atoms with Gasteiger partial charge in [0.15, 0.2) is 6.40 Å². The minimum atomic E-state index is -0.212. The van der Waals surface area contributed by atoms with Crippen molar-refractivity contribution in [1.82, 2.24) is 0 Å². The van der Waals surface area contributed by atoms with Crippen molar-refractivity contribution < 1.29 is 14.3 Å². The van der Waals surface area contributed by atoms with Gasteiger partial charge >= 0.3 is 5.97 Å². The fraction of sp³-hybridized carbons (Fsp3) is 0.500. The zero-order chi connectivity index (χ0) is 14.8. The maximum atomic E-state index is 11.3. The third kappa shape index (κ3) is 6.36. The van der Waals surface area contributed by atoms with Gasteiger partial charge in [-0.15, -0.1) is 0 Å². The Balaban J connectivity index is 2.44. The van der Waals surface area contributed by atoms with Crippen LogP contribution >= 0.6 is 0 Å². The van der Waals surface area contributed by atoms with Crippen LogP contribution in [0.3, 0.4) is 0 Å². The summed E-state index contributed by atoms with van der Waals surface area (Å²) in [6.45, 7) is 6.40. The van der Waals surface area contributed by atoms with E-state index in [1.165, 1.54) is 6.40 Å². The first-order valence-corrected chi connectivity index (χ1v) is 7.08. The summed E-state index contributed by atoms with van der Waals surface area (Å²) in [4.78, 5) is 15.6. The quantitative estimate of drug-likeness (QED) is 0.416. The lowest BCUT2D eigenvalue weighted by atomic mass is 10.1. The van der Waals surface area contributed by atoms with E-state index < -0.39 is 0 Å². The van der Waals surface area contributed by atoms with E-state index in [1.807, 2.05) is 24.3 Å². The Hall–Kier alpha value is -1.84. The van der Waals surface area contributed by atoms with E-state index in [4.69, 9.17) is 9.47 Å². The number of rotatable bonds is 8. The molecule has 4 heteroatoms. The van der Waals surface area contributed by atoms with Gasteiger partial charge in [-0.3, -0.25) is 9.79 Å². The summed E-state index contributed by atoms with van der Waals surface area (Å²) >= 11 is 0. The van der Waals surface area contributed by atoms with Gasteiger partial charge in [-0.2, -0.15) is 0 Å². The van der Waals surface area contributed by atoms with Crippen LogP contribution < -0.4 is 4.74 Å². The molecule has 0 spiro atoms. The van der Waals surface area contributed by atoms with Crippen molar-refractivity contribution in [1.29, 1.82) is 0 Å². The predicted octanol–water partition coefficient (Wildman–Crippen LogP) is 3.39. The summed E-state index contributed by atoms with van der Waals surface area (Å²) in [5, 5.41) is 0. The smallest absolute Gasteiger partial charge is 0.310 e. The molecule has 20 heavy (non-hydrogen) atoms. The van der Waals surface area contributed by atoms with Gasteiger partial charge in [0.1, 0.15) is 5.75 Å². The normalized spacial score (nSPS) is 12.3. The number of carbonyl (C=O) groups is 1. The summed E-state index contributed by atoms with van der Waals surface area (Å²) in [6, 6.07) is 7.64. The van der Waals surface area contributed by atoms with Gasteiger partial charge in [-0.1, -0.05) is 25.5 Å². The standard InChI is InChI=1S/C16H23NO3/c1-4-6-13(3)17-12-20-15-9-7-14(8-10-15)11-16(18)19-5-2/h7-10,12-13H,4-6,11H2,1-3H3/b17-12+. The summed E-state index contributed by atoms with van der Waals surface area (Å²) in [6.07, 6.45) is 3.94. The second-order valence-electron chi connectivity index (χ2n) is 4.64.